The van der Waals surface area contributed by atoms with Crippen LogP contribution in [0, 0.1) is 0 Å². The van der Waals surface area contributed by atoms with Gasteiger partial charge in [0.1, 0.15) is 0 Å². The van der Waals surface area contributed by atoms with E-state index in [9.17, 15) is 4.79 Å². The minimum Gasteiger partial charge on any atom is -0.360 e. The molecule has 17 heavy (non-hydrogen) atoms. The van der Waals surface area contributed by atoms with Gasteiger partial charge in [0.15, 0.2) is 4.34 Å². The van der Waals surface area contributed by atoms with Crippen LogP contribution in [-0.4, -0.2) is 34.9 Å². The number of amides is 1. The molecule has 0 unspecified atom stereocenters. The fourth-order valence-corrected chi connectivity index (χ4v) is 2.54. The maximum absolute atomic E-state index is 11.3. The van der Waals surface area contributed by atoms with Gasteiger partial charge in [0.2, 0.25) is 11.0 Å². The summed E-state index contributed by atoms with van der Waals surface area (Å²) < 4.78 is 0.803. The zero-order valence-electron chi connectivity index (χ0n) is 9.73. The molecule has 0 bridgehead atoms. The van der Waals surface area contributed by atoms with Crippen molar-refractivity contribution in [1.82, 2.24) is 15.5 Å². The Hall–Kier alpha value is -1.08. The molecular weight excluding hydrogens is 256 g/mol. The van der Waals surface area contributed by atoms with Crippen molar-refractivity contribution >= 4 is 34.1 Å². The summed E-state index contributed by atoms with van der Waals surface area (Å²) in [6.07, 6.45) is 2.70. The molecule has 94 valence electrons. The molecule has 0 atom stereocenters. The molecule has 7 heteroatoms. The van der Waals surface area contributed by atoms with Crippen molar-refractivity contribution in [2.75, 3.05) is 24.2 Å². The Labute approximate surface area is 109 Å². The highest BCUT2D eigenvalue weighted by Gasteiger charge is 2.06. The second kappa shape index (κ2) is 8.08. The number of hydrogen-bond donors (Lipinski definition) is 2. The summed E-state index contributed by atoms with van der Waals surface area (Å²) in [5.41, 5.74) is 0. The van der Waals surface area contributed by atoms with Gasteiger partial charge in [-0.1, -0.05) is 36.1 Å². The normalized spacial score (nSPS) is 9.94. The van der Waals surface area contributed by atoms with Gasteiger partial charge in [0, 0.05) is 13.1 Å². The van der Waals surface area contributed by atoms with E-state index in [4.69, 9.17) is 0 Å². The summed E-state index contributed by atoms with van der Waals surface area (Å²) in [5.74, 6) is 0.337. The molecule has 1 amide bonds. The van der Waals surface area contributed by atoms with Crippen LogP contribution in [0.25, 0.3) is 0 Å². The van der Waals surface area contributed by atoms with Gasteiger partial charge in [-0.25, -0.2) is 0 Å². The zero-order valence-corrected chi connectivity index (χ0v) is 11.4. The predicted molar refractivity (Wildman–Crippen MR) is 72.6 cm³/mol. The monoisotopic (exact) mass is 272 g/mol. The highest BCUT2D eigenvalue weighted by atomic mass is 32.2. The van der Waals surface area contributed by atoms with Crippen molar-refractivity contribution in [2.24, 2.45) is 0 Å². The van der Waals surface area contributed by atoms with Crippen LogP contribution >= 0.6 is 23.1 Å². The first-order chi connectivity index (χ1) is 8.26. The Morgan fingerprint density at radius 2 is 2.41 bits per heavy atom. The fraction of sp³-hybridized carbons (Fsp3) is 0.500. The first-order valence-electron chi connectivity index (χ1n) is 5.34. The number of rotatable bonds is 8. The Kier molecular flexibility index (Phi) is 6.64. The van der Waals surface area contributed by atoms with Crippen molar-refractivity contribution < 1.29 is 4.79 Å². The van der Waals surface area contributed by atoms with E-state index in [0.717, 1.165) is 22.4 Å². The Morgan fingerprint density at radius 1 is 1.59 bits per heavy atom. The third-order valence-electron chi connectivity index (χ3n) is 1.70. The predicted octanol–water partition coefficient (Wildman–Crippen LogP) is 1.75. The van der Waals surface area contributed by atoms with Crippen LogP contribution in [-0.2, 0) is 4.79 Å². The van der Waals surface area contributed by atoms with E-state index in [1.54, 1.807) is 6.08 Å². The number of anilines is 1. The van der Waals surface area contributed by atoms with E-state index in [1.807, 2.05) is 0 Å². The van der Waals surface area contributed by atoms with Gasteiger partial charge >= 0.3 is 0 Å². The molecule has 0 spiro atoms. The number of aromatic nitrogens is 2. The SMILES string of the molecule is C=CCNC(=O)CSc1nnc(NCCC)s1. The number of carbonyl (C=O) groups excluding carboxylic acids is 1. The highest BCUT2D eigenvalue weighted by Crippen LogP contribution is 2.24. The number of carbonyl (C=O) groups is 1. The van der Waals surface area contributed by atoms with Crippen LogP contribution in [0.3, 0.4) is 0 Å². The number of nitrogens with zero attached hydrogens (tertiary/aromatic N) is 2. The molecule has 1 rings (SSSR count). The van der Waals surface area contributed by atoms with Crippen molar-refractivity contribution in [3.05, 3.63) is 12.7 Å². The maximum Gasteiger partial charge on any atom is 0.230 e. The van der Waals surface area contributed by atoms with Crippen LogP contribution in [0.5, 0.6) is 0 Å². The lowest BCUT2D eigenvalue weighted by Crippen LogP contribution is -2.24. The molecule has 0 saturated carbocycles. The van der Waals surface area contributed by atoms with Crippen molar-refractivity contribution in [2.45, 2.75) is 17.7 Å². The first-order valence-corrected chi connectivity index (χ1v) is 7.14. The molecule has 0 fully saturated rings. The largest absolute Gasteiger partial charge is 0.360 e. The summed E-state index contributed by atoms with van der Waals surface area (Å²) in [7, 11) is 0. The Morgan fingerprint density at radius 3 is 3.12 bits per heavy atom. The standard InChI is InChI=1S/C10H16N4OS2/c1-3-5-11-8(15)7-16-10-14-13-9(17-10)12-6-4-2/h3H,1,4-7H2,2H3,(H,11,15)(H,12,13). The van der Waals surface area contributed by atoms with Crippen molar-refractivity contribution in [3.63, 3.8) is 0 Å². The first kappa shape index (κ1) is 14.0. The number of nitrogens with one attached hydrogen (secondary N) is 2. The molecule has 1 heterocycles. The molecule has 0 aromatic carbocycles. The summed E-state index contributed by atoms with van der Waals surface area (Å²) in [5, 5.41) is 14.6. The number of hydrogen-bond acceptors (Lipinski definition) is 6. The molecule has 0 radical (unpaired) electrons. The molecule has 1 aromatic rings. The van der Waals surface area contributed by atoms with E-state index >= 15 is 0 Å². The summed E-state index contributed by atoms with van der Waals surface area (Å²) in [4.78, 5) is 11.3. The molecule has 0 saturated heterocycles. The maximum atomic E-state index is 11.3. The van der Waals surface area contributed by atoms with E-state index in [0.29, 0.717) is 12.3 Å². The van der Waals surface area contributed by atoms with Crippen LogP contribution in [0.1, 0.15) is 13.3 Å². The molecular formula is C10H16N4OS2. The summed E-state index contributed by atoms with van der Waals surface area (Å²) in [6.45, 7) is 7.01. The summed E-state index contributed by atoms with van der Waals surface area (Å²) in [6, 6.07) is 0. The lowest BCUT2D eigenvalue weighted by molar-refractivity contribution is -0.118. The summed E-state index contributed by atoms with van der Waals surface area (Å²) >= 11 is 2.86. The van der Waals surface area contributed by atoms with E-state index in [-0.39, 0.29) is 5.91 Å². The molecule has 1 aromatic heterocycles. The third-order valence-corrected chi connectivity index (χ3v) is 3.72. The zero-order chi connectivity index (χ0) is 12.5. The molecule has 2 N–H and O–H groups in total. The second-order valence-corrected chi connectivity index (χ2v) is 5.38. The van der Waals surface area contributed by atoms with Crippen LogP contribution in [0.2, 0.25) is 0 Å². The van der Waals surface area contributed by atoms with E-state index < -0.39 is 0 Å². The minimum absolute atomic E-state index is 0.0202. The Balaban J connectivity index is 2.29. The quantitative estimate of drug-likeness (QED) is 0.557. The van der Waals surface area contributed by atoms with Gasteiger partial charge in [0.25, 0.3) is 0 Å². The van der Waals surface area contributed by atoms with Crippen molar-refractivity contribution in [1.29, 1.82) is 0 Å². The highest BCUT2D eigenvalue weighted by molar-refractivity contribution is 8.01. The van der Waals surface area contributed by atoms with Gasteiger partial charge in [-0.3, -0.25) is 4.79 Å². The number of thioether (sulfide) groups is 1. The molecule has 0 aliphatic rings. The third kappa shape index (κ3) is 5.69. The minimum atomic E-state index is -0.0202. The average Bonchev–Trinajstić information content (AvgIpc) is 2.79. The lowest BCUT2D eigenvalue weighted by Gasteiger charge is -1.99. The van der Waals surface area contributed by atoms with Gasteiger partial charge in [-0.15, -0.1) is 16.8 Å². The second-order valence-electron chi connectivity index (χ2n) is 3.18. The molecule has 0 aliphatic heterocycles. The van der Waals surface area contributed by atoms with E-state index in [1.165, 1.54) is 23.1 Å². The smallest absolute Gasteiger partial charge is 0.230 e. The topological polar surface area (TPSA) is 66.9 Å². The van der Waals surface area contributed by atoms with Gasteiger partial charge < -0.3 is 10.6 Å². The molecule has 0 aliphatic carbocycles. The fourth-order valence-electron chi connectivity index (χ4n) is 0.936. The molecule has 5 nitrogen and oxygen atoms in total. The van der Waals surface area contributed by atoms with Crippen LogP contribution < -0.4 is 10.6 Å². The lowest BCUT2D eigenvalue weighted by atomic mass is 10.5. The van der Waals surface area contributed by atoms with Crippen molar-refractivity contribution in [3.8, 4) is 0 Å². The van der Waals surface area contributed by atoms with Crippen LogP contribution in [0.4, 0.5) is 5.13 Å². The van der Waals surface area contributed by atoms with E-state index in [2.05, 4.69) is 34.3 Å². The van der Waals surface area contributed by atoms with Gasteiger partial charge in [-0.2, -0.15) is 0 Å². The van der Waals surface area contributed by atoms with Crippen LogP contribution in [0.15, 0.2) is 17.0 Å². The Bertz CT molecular complexity index is 367. The van der Waals surface area contributed by atoms with Gasteiger partial charge in [-0.05, 0) is 6.42 Å². The average molecular weight is 272 g/mol. The van der Waals surface area contributed by atoms with Gasteiger partial charge in [0.05, 0.1) is 5.75 Å².